The molecule has 0 radical (unpaired) electrons. The van der Waals surface area contributed by atoms with Crippen molar-refractivity contribution in [2.24, 2.45) is 0 Å². The molecule has 2 aromatic carbocycles. The van der Waals surface area contributed by atoms with Crippen LogP contribution in [0.5, 0.6) is 0 Å². The molecule has 1 N–H and O–H groups in total. The highest BCUT2D eigenvalue weighted by Crippen LogP contribution is 2.23. The first kappa shape index (κ1) is 24.7. The van der Waals surface area contributed by atoms with Crippen molar-refractivity contribution in [1.29, 1.82) is 0 Å². The molecule has 0 aromatic heterocycles. The van der Waals surface area contributed by atoms with Gasteiger partial charge in [0, 0.05) is 23.4 Å². The third kappa shape index (κ3) is 7.28. The summed E-state index contributed by atoms with van der Waals surface area (Å²) in [6.07, 6.45) is 6.21. The van der Waals surface area contributed by atoms with E-state index < -0.39 is 6.04 Å². The maximum Gasteiger partial charge on any atom is 0.243 e. The molecule has 2 aromatic rings. The van der Waals surface area contributed by atoms with Crippen LogP contribution in [0.2, 0.25) is 5.02 Å². The molecular formula is C26H33ClN2O2S. The van der Waals surface area contributed by atoms with Crippen molar-refractivity contribution in [2.75, 3.05) is 5.75 Å². The molecule has 172 valence electrons. The number of amides is 2. The summed E-state index contributed by atoms with van der Waals surface area (Å²) < 4.78 is 0. The fraction of sp³-hybridized carbons (Fsp3) is 0.462. The molecule has 0 bridgehead atoms. The number of benzene rings is 2. The molecule has 1 saturated carbocycles. The predicted octanol–water partition coefficient (Wildman–Crippen LogP) is 5.83. The van der Waals surface area contributed by atoms with Gasteiger partial charge in [-0.1, -0.05) is 86.3 Å². The SMILES string of the molecule is CCC(C(=O)NC1CCCCC1)N(Cc1ccccc1)C(=O)CSCc1ccccc1Cl. The van der Waals surface area contributed by atoms with Crippen molar-refractivity contribution in [1.82, 2.24) is 10.2 Å². The molecule has 1 fully saturated rings. The molecule has 0 heterocycles. The summed E-state index contributed by atoms with van der Waals surface area (Å²) >= 11 is 7.79. The molecule has 4 nitrogen and oxygen atoms in total. The standard InChI is InChI=1S/C26H33ClN2O2S/c1-2-24(26(31)28-22-14-7-4-8-15-22)29(17-20-11-5-3-6-12-20)25(30)19-32-18-21-13-9-10-16-23(21)27/h3,5-6,9-13,16,22,24H,2,4,7-8,14-15,17-19H2,1H3,(H,28,31). The summed E-state index contributed by atoms with van der Waals surface area (Å²) in [6.45, 7) is 2.41. The van der Waals surface area contributed by atoms with Crippen molar-refractivity contribution >= 4 is 35.2 Å². The second kappa shape index (κ2) is 12.9. The third-order valence-corrected chi connectivity index (χ3v) is 7.31. The van der Waals surface area contributed by atoms with Crippen LogP contribution in [0.3, 0.4) is 0 Å². The quantitative estimate of drug-likeness (QED) is 0.473. The highest BCUT2D eigenvalue weighted by atomic mass is 35.5. The second-order valence-corrected chi connectivity index (χ2v) is 9.75. The number of hydrogen-bond donors (Lipinski definition) is 1. The lowest BCUT2D eigenvalue weighted by atomic mass is 9.95. The van der Waals surface area contributed by atoms with Crippen LogP contribution in [0.25, 0.3) is 0 Å². The maximum absolute atomic E-state index is 13.3. The van der Waals surface area contributed by atoms with Gasteiger partial charge in [0.15, 0.2) is 0 Å². The molecule has 1 unspecified atom stereocenters. The Morgan fingerprint density at radius 3 is 2.44 bits per heavy atom. The van der Waals surface area contributed by atoms with Crippen molar-refractivity contribution < 1.29 is 9.59 Å². The van der Waals surface area contributed by atoms with E-state index in [9.17, 15) is 9.59 Å². The third-order valence-electron chi connectivity index (χ3n) is 5.97. The average molecular weight is 473 g/mol. The zero-order valence-corrected chi connectivity index (χ0v) is 20.3. The van der Waals surface area contributed by atoms with Crippen molar-refractivity contribution in [2.45, 2.75) is 69.8 Å². The Bertz CT molecular complexity index is 871. The van der Waals surface area contributed by atoms with E-state index in [0.717, 1.165) is 36.8 Å². The van der Waals surface area contributed by atoms with Gasteiger partial charge in [0.05, 0.1) is 5.75 Å². The number of carbonyl (C=O) groups excluding carboxylic acids is 2. The number of thioether (sulfide) groups is 1. The van der Waals surface area contributed by atoms with E-state index in [2.05, 4.69) is 5.32 Å². The van der Waals surface area contributed by atoms with Gasteiger partial charge >= 0.3 is 0 Å². The number of rotatable bonds is 10. The Kier molecular flexibility index (Phi) is 9.94. The van der Waals surface area contributed by atoms with Crippen molar-refractivity contribution in [3.05, 3.63) is 70.7 Å². The Morgan fingerprint density at radius 2 is 1.75 bits per heavy atom. The summed E-state index contributed by atoms with van der Waals surface area (Å²) in [4.78, 5) is 28.3. The Balaban J connectivity index is 1.68. The van der Waals surface area contributed by atoms with E-state index >= 15 is 0 Å². The minimum absolute atomic E-state index is 0.0171. The van der Waals surface area contributed by atoms with Gasteiger partial charge < -0.3 is 10.2 Å². The normalized spacial score (nSPS) is 15.2. The largest absolute Gasteiger partial charge is 0.352 e. The lowest BCUT2D eigenvalue weighted by Crippen LogP contribution is -2.52. The van der Waals surface area contributed by atoms with E-state index in [1.54, 1.807) is 4.90 Å². The first-order chi connectivity index (χ1) is 15.6. The fourth-order valence-electron chi connectivity index (χ4n) is 4.19. The van der Waals surface area contributed by atoms with Crippen LogP contribution in [0.4, 0.5) is 0 Å². The molecule has 0 saturated heterocycles. The second-order valence-electron chi connectivity index (χ2n) is 8.36. The fourth-order valence-corrected chi connectivity index (χ4v) is 5.39. The van der Waals surface area contributed by atoms with E-state index in [-0.39, 0.29) is 17.9 Å². The average Bonchev–Trinajstić information content (AvgIpc) is 2.81. The van der Waals surface area contributed by atoms with Gasteiger partial charge in [-0.3, -0.25) is 9.59 Å². The zero-order chi connectivity index (χ0) is 22.8. The van der Waals surface area contributed by atoms with Crippen LogP contribution >= 0.6 is 23.4 Å². The number of nitrogens with zero attached hydrogens (tertiary/aromatic N) is 1. The van der Waals surface area contributed by atoms with Gasteiger partial charge in [-0.15, -0.1) is 11.8 Å². The zero-order valence-electron chi connectivity index (χ0n) is 18.8. The van der Waals surface area contributed by atoms with Crippen molar-refractivity contribution in [3.63, 3.8) is 0 Å². The van der Waals surface area contributed by atoms with Crippen molar-refractivity contribution in [3.8, 4) is 0 Å². The predicted molar refractivity (Wildman–Crippen MR) is 134 cm³/mol. The molecule has 1 aliphatic carbocycles. The molecule has 0 aliphatic heterocycles. The summed E-state index contributed by atoms with van der Waals surface area (Å²) in [5.41, 5.74) is 2.05. The Hall–Kier alpha value is -1.98. The van der Waals surface area contributed by atoms with Gasteiger partial charge in [0.1, 0.15) is 6.04 Å². The van der Waals surface area contributed by atoms with E-state index in [1.165, 1.54) is 18.2 Å². The van der Waals surface area contributed by atoms with E-state index in [1.807, 2.05) is 61.5 Å². The van der Waals surface area contributed by atoms with Crippen LogP contribution in [-0.4, -0.2) is 34.6 Å². The Labute approximate surface area is 201 Å². The van der Waals surface area contributed by atoms with Gasteiger partial charge in [-0.05, 0) is 36.5 Å². The first-order valence-corrected chi connectivity index (χ1v) is 13.1. The minimum atomic E-state index is -0.467. The molecular weight excluding hydrogens is 440 g/mol. The summed E-state index contributed by atoms with van der Waals surface area (Å²) in [5, 5.41) is 3.94. The highest BCUT2D eigenvalue weighted by molar-refractivity contribution is 7.99. The molecule has 1 atom stereocenters. The van der Waals surface area contributed by atoms with Crippen LogP contribution in [-0.2, 0) is 21.9 Å². The van der Waals surface area contributed by atoms with Gasteiger partial charge in [0.25, 0.3) is 0 Å². The maximum atomic E-state index is 13.3. The topological polar surface area (TPSA) is 49.4 Å². The van der Waals surface area contributed by atoms with Crippen LogP contribution in [0.15, 0.2) is 54.6 Å². The van der Waals surface area contributed by atoms with Crippen LogP contribution in [0, 0.1) is 0 Å². The molecule has 2 amide bonds. The molecule has 0 spiro atoms. The number of halogens is 1. The molecule has 6 heteroatoms. The van der Waals surface area contributed by atoms with Crippen LogP contribution in [0.1, 0.15) is 56.6 Å². The van der Waals surface area contributed by atoms with E-state index in [4.69, 9.17) is 11.6 Å². The summed E-state index contributed by atoms with van der Waals surface area (Å²) in [6, 6.07) is 17.4. The monoisotopic (exact) mass is 472 g/mol. The van der Waals surface area contributed by atoms with Gasteiger partial charge in [-0.2, -0.15) is 0 Å². The molecule has 3 rings (SSSR count). The minimum Gasteiger partial charge on any atom is -0.352 e. The lowest BCUT2D eigenvalue weighted by molar-refractivity contribution is -0.139. The first-order valence-electron chi connectivity index (χ1n) is 11.5. The van der Waals surface area contributed by atoms with Gasteiger partial charge in [-0.25, -0.2) is 0 Å². The number of hydrogen-bond acceptors (Lipinski definition) is 3. The Morgan fingerprint density at radius 1 is 1.06 bits per heavy atom. The van der Waals surface area contributed by atoms with E-state index in [0.29, 0.717) is 29.5 Å². The van der Waals surface area contributed by atoms with Crippen LogP contribution < -0.4 is 5.32 Å². The molecule has 32 heavy (non-hydrogen) atoms. The smallest absolute Gasteiger partial charge is 0.243 e. The highest BCUT2D eigenvalue weighted by Gasteiger charge is 2.30. The summed E-state index contributed by atoms with van der Waals surface area (Å²) in [7, 11) is 0. The number of nitrogens with one attached hydrogen (secondary N) is 1. The number of carbonyl (C=O) groups is 2. The summed E-state index contributed by atoms with van der Waals surface area (Å²) in [5.74, 6) is 0.928. The lowest BCUT2D eigenvalue weighted by Gasteiger charge is -2.32. The molecule has 1 aliphatic rings. The van der Waals surface area contributed by atoms with Gasteiger partial charge in [0.2, 0.25) is 11.8 Å².